The van der Waals surface area contributed by atoms with Gasteiger partial charge in [-0.2, -0.15) is 4.72 Å². The summed E-state index contributed by atoms with van der Waals surface area (Å²) < 4.78 is 26.7. The highest BCUT2D eigenvalue weighted by molar-refractivity contribution is 7.89. The van der Waals surface area contributed by atoms with Gasteiger partial charge in [-0.15, -0.1) is 0 Å². The van der Waals surface area contributed by atoms with Crippen molar-refractivity contribution in [2.45, 2.75) is 31.2 Å². The number of rotatable bonds is 7. The average molecular weight is 314 g/mol. The van der Waals surface area contributed by atoms with Crippen molar-refractivity contribution in [2.24, 2.45) is 5.92 Å². The van der Waals surface area contributed by atoms with Crippen LogP contribution in [0.1, 0.15) is 20.3 Å². The van der Waals surface area contributed by atoms with Crippen molar-refractivity contribution in [1.82, 2.24) is 4.72 Å². The van der Waals surface area contributed by atoms with Gasteiger partial charge in [-0.05, 0) is 36.6 Å². The Labute approximate surface area is 125 Å². The molecule has 1 aromatic carbocycles. The lowest BCUT2D eigenvalue weighted by Crippen LogP contribution is -2.41. The summed E-state index contributed by atoms with van der Waals surface area (Å²) in [5.41, 5.74) is 0.867. The molecule has 0 saturated heterocycles. The number of hydrogen-bond acceptors (Lipinski definition) is 4. The fraction of sp³-hybridized carbons (Fsp3) is 0.500. The lowest BCUT2D eigenvalue weighted by Gasteiger charge is -2.17. The minimum absolute atomic E-state index is 0.0584. The highest BCUT2D eigenvalue weighted by Crippen LogP contribution is 2.17. The van der Waals surface area contributed by atoms with Crippen LogP contribution >= 0.6 is 0 Å². The second-order valence-corrected chi connectivity index (χ2v) is 7.24. The quantitative estimate of drug-likeness (QED) is 0.797. The zero-order chi connectivity index (χ0) is 16.2. The van der Waals surface area contributed by atoms with E-state index >= 15 is 0 Å². The fourth-order valence-electron chi connectivity index (χ4n) is 1.85. The van der Waals surface area contributed by atoms with Gasteiger partial charge in [0, 0.05) is 19.8 Å². The van der Waals surface area contributed by atoms with Crippen LogP contribution in [-0.2, 0) is 14.8 Å². The largest absolute Gasteiger partial charge is 0.480 e. The number of carboxylic acid groups (broad SMARTS) is 1. The Balaban J connectivity index is 2.96. The number of benzene rings is 1. The molecule has 0 fully saturated rings. The predicted octanol–water partition coefficient (Wildman–Crippen LogP) is 1.53. The molecule has 1 aromatic rings. The molecule has 6 nitrogen and oxygen atoms in total. The Morgan fingerprint density at radius 2 is 1.76 bits per heavy atom. The van der Waals surface area contributed by atoms with Crippen LogP contribution in [-0.4, -0.2) is 39.6 Å². The highest BCUT2D eigenvalue weighted by atomic mass is 32.2. The molecule has 0 saturated carbocycles. The first-order valence-electron chi connectivity index (χ1n) is 6.66. The van der Waals surface area contributed by atoms with Crippen molar-refractivity contribution in [2.75, 3.05) is 19.0 Å². The van der Waals surface area contributed by atoms with Crippen molar-refractivity contribution in [3.63, 3.8) is 0 Å². The molecule has 0 aromatic heterocycles. The molecule has 0 aliphatic heterocycles. The molecule has 0 aliphatic carbocycles. The molecule has 2 N–H and O–H groups in total. The Morgan fingerprint density at radius 1 is 1.24 bits per heavy atom. The summed E-state index contributed by atoms with van der Waals surface area (Å²) in [5.74, 6) is -1.10. The number of carbonyl (C=O) groups is 1. The molecule has 1 rings (SSSR count). The van der Waals surface area contributed by atoms with E-state index in [0.717, 1.165) is 5.69 Å². The summed E-state index contributed by atoms with van der Waals surface area (Å²) in [6.45, 7) is 3.69. The third-order valence-corrected chi connectivity index (χ3v) is 4.45. The first kappa shape index (κ1) is 17.5. The summed E-state index contributed by atoms with van der Waals surface area (Å²) in [4.78, 5) is 13.1. The van der Waals surface area contributed by atoms with E-state index in [1.807, 2.05) is 32.8 Å². The van der Waals surface area contributed by atoms with Gasteiger partial charge in [0.1, 0.15) is 6.04 Å². The van der Waals surface area contributed by atoms with Crippen LogP contribution in [0, 0.1) is 5.92 Å². The van der Waals surface area contributed by atoms with Crippen molar-refractivity contribution in [3.05, 3.63) is 24.3 Å². The summed E-state index contributed by atoms with van der Waals surface area (Å²) in [6, 6.07) is 5.15. The van der Waals surface area contributed by atoms with E-state index in [4.69, 9.17) is 5.11 Å². The SMILES string of the molecule is CC(C)C[C@H](NS(=O)(=O)c1ccc(N(C)C)cc1)C(=O)O. The molecule has 0 spiro atoms. The van der Waals surface area contributed by atoms with Gasteiger partial charge in [-0.1, -0.05) is 13.8 Å². The monoisotopic (exact) mass is 314 g/mol. The maximum atomic E-state index is 12.2. The molecular formula is C14H22N2O4S. The molecule has 0 heterocycles. The lowest BCUT2D eigenvalue weighted by molar-refractivity contribution is -0.139. The Morgan fingerprint density at radius 3 is 2.14 bits per heavy atom. The minimum atomic E-state index is -3.84. The smallest absolute Gasteiger partial charge is 0.321 e. The van der Waals surface area contributed by atoms with Gasteiger partial charge in [0.2, 0.25) is 10.0 Å². The summed E-state index contributed by atoms with van der Waals surface area (Å²) in [5, 5.41) is 9.12. The number of hydrogen-bond donors (Lipinski definition) is 2. The predicted molar refractivity (Wildman–Crippen MR) is 82.0 cm³/mol. The van der Waals surface area contributed by atoms with E-state index in [9.17, 15) is 13.2 Å². The van der Waals surface area contributed by atoms with Gasteiger partial charge >= 0.3 is 5.97 Å². The Bertz CT molecular complexity index is 579. The summed E-state index contributed by atoms with van der Waals surface area (Å²) in [7, 11) is -0.138. The van der Waals surface area contributed by atoms with Crippen LogP contribution in [0.25, 0.3) is 0 Å². The highest BCUT2D eigenvalue weighted by Gasteiger charge is 2.26. The molecule has 0 bridgehead atoms. The van der Waals surface area contributed by atoms with E-state index in [1.165, 1.54) is 12.1 Å². The van der Waals surface area contributed by atoms with Gasteiger partial charge in [-0.25, -0.2) is 8.42 Å². The van der Waals surface area contributed by atoms with Crippen molar-refractivity contribution < 1.29 is 18.3 Å². The molecule has 1 atom stereocenters. The van der Waals surface area contributed by atoms with E-state index in [1.54, 1.807) is 12.1 Å². The van der Waals surface area contributed by atoms with E-state index in [2.05, 4.69) is 4.72 Å². The van der Waals surface area contributed by atoms with Gasteiger partial charge in [0.05, 0.1) is 4.90 Å². The molecule has 7 heteroatoms. The minimum Gasteiger partial charge on any atom is -0.480 e. The second kappa shape index (κ2) is 6.91. The van der Waals surface area contributed by atoms with Gasteiger partial charge in [0.25, 0.3) is 0 Å². The molecule has 21 heavy (non-hydrogen) atoms. The number of aliphatic carboxylic acids is 1. The first-order valence-corrected chi connectivity index (χ1v) is 8.14. The molecular weight excluding hydrogens is 292 g/mol. The van der Waals surface area contributed by atoms with Crippen LogP contribution in [0.15, 0.2) is 29.2 Å². The van der Waals surface area contributed by atoms with Crippen LogP contribution < -0.4 is 9.62 Å². The maximum absolute atomic E-state index is 12.2. The van der Waals surface area contributed by atoms with Crippen LogP contribution in [0.4, 0.5) is 5.69 Å². The molecule has 0 radical (unpaired) electrons. The normalized spacial score (nSPS) is 13.2. The van der Waals surface area contributed by atoms with Crippen molar-refractivity contribution >= 4 is 21.7 Å². The molecule has 0 amide bonds. The van der Waals surface area contributed by atoms with E-state index in [0.29, 0.717) is 0 Å². The fourth-order valence-corrected chi connectivity index (χ4v) is 3.05. The standard InChI is InChI=1S/C14H22N2O4S/c1-10(2)9-13(14(17)18)15-21(19,20)12-7-5-11(6-8-12)16(3)4/h5-8,10,13,15H,9H2,1-4H3,(H,17,18)/t13-/m0/s1. The number of sulfonamides is 1. The Kier molecular flexibility index (Phi) is 5.74. The van der Waals surface area contributed by atoms with E-state index in [-0.39, 0.29) is 17.2 Å². The van der Waals surface area contributed by atoms with Gasteiger partial charge < -0.3 is 10.0 Å². The maximum Gasteiger partial charge on any atom is 0.321 e. The van der Waals surface area contributed by atoms with Crippen LogP contribution in [0.2, 0.25) is 0 Å². The van der Waals surface area contributed by atoms with Crippen molar-refractivity contribution in [1.29, 1.82) is 0 Å². The van der Waals surface area contributed by atoms with Crippen LogP contribution in [0.3, 0.4) is 0 Å². The zero-order valence-corrected chi connectivity index (χ0v) is 13.5. The molecule has 0 unspecified atom stereocenters. The van der Waals surface area contributed by atoms with Gasteiger partial charge in [-0.3, -0.25) is 4.79 Å². The lowest BCUT2D eigenvalue weighted by atomic mass is 10.1. The zero-order valence-electron chi connectivity index (χ0n) is 12.7. The van der Waals surface area contributed by atoms with Gasteiger partial charge in [0.15, 0.2) is 0 Å². The molecule has 118 valence electrons. The number of carboxylic acids is 1. The topological polar surface area (TPSA) is 86.7 Å². The van der Waals surface area contributed by atoms with Crippen LogP contribution in [0.5, 0.6) is 0 Å². The number of nitrogens with zero attached hydrogens (tertiary/aromatic N) is 1. The third kappa shape index (κ3) is 5.02. The number of anilines is 1. The second-order valence-electron chi connectivity index (χ2n) is 5.53. The molecule has 0 aliphatic rings. The summed E-state index contributed by atoms with van der Waals surface area (Å²) in [6.07, 6.45) is 0.240. The third-order valence-electron chi connectivity index (χ3n) is 2.97. The van der Waals surface area contributed by atoms with Crippen molar-refractivity contribution in [3.8, 4) is 0 Å². The number of nitrogens with one attached hydrogen (secondary N) is 1. The first-order chi connectivity index (χ1) is 9.63. The summed E-state index contributed by atoms with van der Waals surface area (Å²) >= 11 is 0. The average Bonchev–Trinajstić information content (AvgIpc) is 2.37. The Hall–Kier alpha value is -1.60. The van der Waals surface area contributed by atoms with E-state index < -0.39 is 22.0 Å².